The lowest BCUT2D eigenvalue weighted by Crippen LogP contribution is -2.51. The Morgan fingerprint density at radius 2 is 1.87 bits per heavy atom. The SMILES string of the molecule is CS(=O)(=O)N1CCC2(CCC(=O)N2)CC1. The lowest BCUT2D eigenvalue weighted by Gasteiger charge is -2.37. The molecule has 6 heteroatoms. The molecule has 2 aliphatic heterocycles. The summed E-state index contributed by atoms with van der Waals surface area (Å²) in [5.41, 5.74) is -0.113. The molecule has 0 atom stereocenters. The zero-order valence-electron chi connectivity index (χ0n) is 8.82. The Bertz CT molecular complexity index is 369. The van der Waals surface area contributed by atoms with E-state index in [9.17, 15) is 13.2 Å². The van der Waals surface area contributed by atoms with Crippen LogP contribution >= 0.6 is 0 Å². The predicted molar refractivity (Wildman–Crippen MR) is 55.8 cm³/mol. The highest BCUT2D eigenvalue weighted by Gasteiger charge is 2.41. The van der Waals surface area contributed by atoms with Gasteiger partial charge in [0.05, 0.1) is 6.26 Å². The standard InChI is InChI=1S/C9H16N2O3S/c1-15(13,14)11-6-4-9(5-7-11)3-2-8(12)10-9/h2-7H2,1H3,(H,10,12). The van der Waals surface area contributed by atoms with Crippen LogP contribution in [0.5, 0.6) is 0 Å². The fourth-order valence-electron chi connectivity index (χ4n) is 2.39. The summed E-state index contributed by atoms with van der Waals surface area (Å²) >= 11 is 0. The fraction of sp³-hybridized carbons (Fsp3) is 0.889. The van der Waals surface area contributed by atoms with Crippen molar-refractivity contribution < 1.29 is 13.2 Å². The second-order valence-electron chi connectivity index (χ2n) is 4.49. The second-order valence-corrected chi connectivity index (χ2v) is 6.47. The molecule has 0 bridgehead atoms. The van der Waals surface area contributed by atoms with Gasteiger partial charge in [-0.3, -0.25) is 4.79 Å². The number of amides is 1. The van der Waals surface area contributed by atoms with E-state index in [1.807, 2.05) is 0 Å². The van der Waals surface area contributed by atoms with Gasteiger partial charge >= 0.3 is 0 Å². The van der Waals surface area contributed by atoms with Crippen molar-refractivity contribution in [3.63, 3.8) is 0 Å². The van der Waals surface area contributed by atoms with Crippen LogP contribution in [0.3, 0.4) is 0 Å². The summed E-state index contributed by atoms with van der Waals surface area (Å²) in [6.07, 6.45) is 4.15. The smallest absolute Gasteiger partial charge is 0.220 e. The average molecular weight is 232 g/mol. The maximum Gasteiger partial charge on any atom is 0.220 e. The van der Waals surface area contributed by atoms with Crippen molar-refractivity contribution in [1.29, 1.82) is 0 Å². The van der Waals surface area contributed by atoms with Crippen LogP contribution < -0.4 is 5.32 Å². The summed E-state index contributed by atoms with van der Waals surface area (Å²) in [6.45, 7) is 1.05. The minimum atomic E-state index is -3.06. The molecule has 0 radical (unpaired) electrons. The zero-order chi connectivity index (χ0) is 11.1. The molecule has 2 saturated heterocycles. The number of hydrogen-bond acceptors (Lipinski definition) is 3. The first kappa shape index (κ1) is 10.9. The number of sulfonamides is 1. The number of nitrogens with one attached hydrogen (secondary N) is 1. The first-order valence-electron chi connectivity index (χ1n) is 5.17. The van der Waals surface area contributed by atoms with E-state index in [0.717, 1.165) is 19.3 Å². The maximum atomic E-state index is 11.3. The molecule has 2 heterocycles. The van der Waals surface area contributed by atoms with E-state index in [0.29, 0.717) is 19.5 Å². The monoisotopic (exact) mass is 232 g/mol. The molecular weight excluding hydrogens is 216 g/mol. The molecule has 86 valence electrons. The molecule has 2 aliphatic rings. The number of carbonyl (C=O) groups is 1. The molecule has 1 N–H and O–H groups in total. The summed E-state index contributed by atoms with van der Waals surface area (Å²) in [7, 11) is -3.06. The van der Waals surface area contributed by atoms with Gasteiger partial charge in [0.1, 0.15) is 0 Å². The minimum Gasteiger partial charge on any atom is -0.351 e. The van der Waals surface area contributed by atoms with Crippen LogP contribution in [0.2, 0.25) is 0 Å². The van der Waals surface area contributed by atoms with Crippen molar-refractivity contribution in [3.05, 3.63) is 0 Å². The third kappa shape index (κ3) is 2.15. The van der Waals surface area contributed by atoms with Gasteiger partial charge in [0.25, 0.3) is 0 Å². The summed E-state index contributed by atoms with van der Waals surface area (Å²) < 4.78 is 24.1. The molecular formula is C9H16N2O3S. The Labute approximate surface area is 89.9 Å². The summed E-state index contributed by atoms with van der Waals surface area (Å²) in [5, 5.41) is 2.98. The molecule has 0 saturated carbocycles. The van der Waals surface area contributed by atoms with E-state index < -0.39 is 10.0 Å². The van der Waals surface area contributed by atoms with Gasteiger partial charge < -0.3 is 5.32 Å². The van der Waals surface area contributed by atoms with Gasteiger partial charge in [-0.2, -0.15) is 0 Å². The molecule has 0 unspecified atom stereocenters. The minimum absolute atomic E-state index is 0.0998. The normalized spacial score (nSPS) is 26.9. The molecule has 2 rings (SSSR count). The lowest BCUT2D eigenvalue weighted by atomic mass is 9.87. The lowest BCUT2D eigenvalue weighted by molar-refractivity contribution is -0.120. The topological polar surface area (TPSA) is 66.5 Å². The van der Waals surface area contributed by atoms with Crippen LogP contribution in [0, 0.1) is 0 Å². The molecule has 0 aromatic rings. The Kier molecular flexibility index (Phi) is 2.50. The first-order chi connectivity index (χ1) is 6.91. The van der Waals surface area contributed by atoms with Crippen molar-refractivity contribution in [1.82, 2.24) is 9.62 Å². The van der Waals surface area contributed by atoms with Crippen LogP contribution in [0.4, 0.5) is 0 Å². The van der Waals surface area contributed by atoms with Gasteiger partial charge in [0, 0.05) is 25.0 Å². The summed E-state index contributed by atoms with van der Waals surface area (Å²) in [4.78, 5) is 11.2. The predicted octanol–water partition coefficient (Wildman–Crippen LogP) is -0.309. The highest BCUT2D eigenvalue weighted by molar-refractivity contribution is 7.88. The molecule has 0 aliphatic carbocycles. The molecule has 1 spiro atoms. The third-order valence-electron chi connectivity index (χ3n) is 3.38. The largest absolute Gasteiger partial charge is 0.351 e. The van der Waals surface area contributed by atoms with E-state index in [4.69, 9.17) is 0 Å². The van der Waals surface area contributed by atoms with E-state index in [1.54, 1.807) is 0 Å². The van der Waals surface area contributed by atoms with Crippen LogP contribution in [0.15, 0.2) is 0 Å². The van der Waals surface area contributed by atoms with Crippen molar-refractivity contribution in [3.8, 4) is 0 Å². The van der Waals surface area contributed by atoms with Crippen molar-refractivity contribution in [2.24, 2.45) is 0 Å². The van der Waals surface area contributed by atoms with Crippen molar-refractivity contribution in [2.45, 2.75) is 31.2 Å². The zero-order valence-corrected chi connectivity index (χ0v) is 9.64. The van der Waals surface area contributed by atoms with E-state index in [2.05, 4.69) is 5.32 Å². The summed E-state index contributed by atoms with van der Waals surface area (Å²) in [5.74, 6) is 0.0998. The van der Waals surface area contributed by atoms with Crippen LogP contribution in [-0.4, -0.2) is 43.5 Å². The second kappa shape index (κ2) is 3.45. The van der Waals surface area contributed by atoms with Gasteiger partial charge in [-0.05, 0) is 19.3 Å². The first-order valence-corrected chi connectivity index (χ1v) is 7.02. The Morgan fingerprint density at radius 3 is 2.27 bits per heavy atom. The quantitative estimate of drug-likeness (QED) is 0.674. The highest BCUT2D eigenvalue weighted by Crippen LogP contribution is 2.31. The van der Waals surface area contributed by atoms with Crippen LogP contribution in [0.1, 0.15) is 25.7 Å². The van der Waals surface area contributed by atoms with Gasteiger partial charge in [-0.15, -0.1) is 0 Å². The fourth-order valence-corrected chi connectivity index (χ4v) is 3.24. The maximum absolute atomic E-state index is 11.3. The van der Waals surface area contributed by atoms with Gasteiger partial charge in [0.2, 0.25) is 15.9 Å². The van der Waals surface area contributed by atoms with E-state index >= 15 is 0 Å². The molecule has 0 aromatic heterocycles. The highest BCUT2D eigenvalue weighted by atomic mass is 32.2. The van der Waals surface area contributed by atoms with E-state index in [-0.39, 0.29) is 11.4 Å². The third-order valence-corrected chi connectivity index (χ3v) is 4.69. The molecule has 2 fully saturated rings. The molecule has 5 nitrogen and oxygen atoms in total. The number of carbonyl (C=O) groups excluding carboxylic acids is 1. The Morgan fingerprint density at radius 1 is 1.27 bits per heavy atom. The van der Waals surface area contributed by atoms with Crippen LogP contribution in [0.25, 0.3) is 0 Å². The Hall–Kier alpha value is -0.620. The van der Waals surface area contributed by atoms with Crippen LogP contribution in [-0.2, 0) is 14.8 Å². The van der Waals surface area contributed by atoms with E-state index in [1.165, 1.54) is 10.6 Å². The molecule has 0 aromatic carbocycles. The average Bonchev–Trinajstić information content (AvgIpc) is 2.47. The van der Waals surface area contributed by atoms with Gasteiger partial charge in [0.15, 0.2) is 0 Å². The summed E-state index contributed by atoms with van der Waals surface area (Å²) in [6, 6.07) is 0. The Balaban J connectivity index is 2.01. The number of hydrogen-bond donors (Lipinski definition) is 1. The molecule has 1 amide bonds. The van der Waals surface area contributed by atoms with Crippen molar-refractivity contribution >= 4 is 15.9 Å². The molecule has 15 heavy (non-hydrogen) atoms. The number of nitrogens with zero attached hydrogens (tertiary/aromatic N) is 1. The van der Waals surface area contributed by atoms with Gasteiger partial charge in [-0.25, -0.2) is 12.7 Å². The van der Waals surface area contributed by atoms with Crippen molar-refractivity contribution in [2.75, 3.05) is 19.3 Å². The number of rotatable bonds is 1. The number of piperidine rings is 1. The van der Waals surface area contributed by atoms with Gasteiger partial charge in [-0.1, -0.05) is 0 Å².